The van der Waals surface area contributed by atoms with Crippen LogP contribution in [0.25, 0.3) is 11.1 Å². The minimum atomic E-state index is -0.269. The average Bonchev–Trinajstić information content (AvgIpc) is 3.32. The van der Waals surface area contributed by atoms with Crippen LogP contribution in [0.2, 0.25) is 0 Å². The van der Waals surface area contributed by atoms with Crippen molar-refractivity contribution in [2.24, 2.45) is 0 Å². The van der Waals surface area contributed by atoms with E-state index in [4.69, 9.17) is 4.98 Å². The van der Waals surface area contributed by atoms with Crippen molar-refractivity contribution < 1.29 is 9.90 Å². The van der Waals surface area contributed by atoms with Gasteiger partial charge in [0.25, 0.3) is 11.5 Å². The van der Waals surface area contributed by atoms with Gasteiger partial charge in [-0.05, 0) is 37.5 Å². The lowest BCUT2D eigenvalue weighted by Crippen LogP contribution is -2.25. The van der Waals surface area contributed by atoms with Crippen molar-refractivity contribution in [3.63, 3.8) is 0 Å². The van der Waals surface area contributed by atoms with E-state index >= 15 is 0 Å². The number of aromatic nitrogens is 4. The van der Waals surface area contributed by atoms with Crippen LogP contribution >= 0.6 is 11.3 Å². The molecule has 1 aromatic carbocycles. The van der Waals surface area contributed by atoms with Crippen LogP contribution in [-0.4, -0.2) is 31.2 Å². The van der Waals surface area contributed by atoms with Gasteiger partial charge in [-0.25, -0.2) is 4.98 Å². The Hall–Kier alpha value is -3.76. The van der Waals surface area contributed by atoms with Gasteiger partial charge in [0.15, 0.2) is 5.82 Å². The van der Waals surface area contributed by atoms with Gasteiger partial charge in [-0.1, -0.05) is 32.9 Å². The molecule has 0 radical (unpaired) electrons. The van der Waals surface area contributed by atoms with Crippen molar-refractivity contribution in [2.45, 2.75) is 65.0 Å². The molecule has 2 aliphatic rings. The molecule has 4 N–H and O–H groups in total. The van der Waals surface area contributed by atoms with Crippen LogP contribution in [0.5, 0.6) is 0 Å². The Bertz CT molecular complexity index is 1620. The number of nitrogens with zero attached hydrogens (tertiary/aromatic N) is 3. The topological polar surface area (TPSA) is 127 Å². The van der Waals surface area contributed by atoms with E-state index in [9.17, 15) is 14.7 Å². The number of carbonyl (C=O) groups is 1. The molecule has 4 heterocycles. The second kappa shape index (κ2) is 8.92. The number of aromatic amines is 2. The number of fused-ring (bicyclic) bond motifs is 1. The van der Waals surface area contributed by atoms with E-state index in [1.807, 2.05) is 31.2 Å². The van der Waals surface area contributed by atoms with Crippen LogP contribution in [0.3, 0.4) is 0 Å². The van der Waals surface area contributed by atoms with Crippen LogP contribution in [0, 0.1) is 6.92 Å². The molecular formula is C28H30N6O3S. The lowest BCUT2D eigenvalue weighted by molar-refractivity contribution is 0.0999. The predicted molar refractivity (Wildman–Crippen MR) is 148 cm³/mol. The van der Waals surface area contributed by atoms with Crippen LogP contribution in [0.1, 0.15) is 76.9 Å². The van der Waals surface area contributed by atoms with Gasteiger partial charge >= 0.3 is 0 Å². The first-order valence-corrected chi connectivity index (χ1v) is 13.6. The summed E-state index contributed by atoms with van der Waals surface area (Å²) in [5, 5.41) is 21.9. The monoisotopic (exact) mass is 530 g/mol. The number of amides is 1. The smallest absolute Gasteiger partial charge is 0.271 e. The van der Waals surface area contributed by atoms with Crippen molar-refractivity contribution in [1.82, 2.24) is 20.2 Å². The molecule has 0 unspecified atom stereocenters. The third-order valence-corrected chi connectivity index (χ3v) is 8.60. The number of hydrogen-bond donors (Lipinski definition) is 4. The zero-order valence-electron chi connectivity index (χ0n) is 21.8. The Kier molecular flexibility index (Phi) is 5.77. The number of aliphatic hydroxyl groups excluding tert-OH is 1. The van der Waals surface area contributed by atoms with E-state index in [1.165, 1.54) is 11.3 Å². The van der Waals surface area contributed by atoms with E-state index in [1.54, 1.807) is 11.0 Å². The molecule has 38 heavy (non-hydrogen) atoms. The number of rotatable bonds is 6. The van der Waals surface area contributed by atoms with Gasteiger partial charge in [0.1, 0.15) is 10.6 Å². The number of nitrogens with one attached hydrogen (secondary N) is 3. The zero-order valence-corrected chi connectivity index (χ0v) is 22.6. The first kappa shape index (κ1) is 24.6. The number of H-pyrrole nitrogens is 2. The highest BCUT2D eigenvalue weighted by atomic mass is 32.1. The van der Waals surface area contributed by atoms with E-state index in [0.717, 1.165) is 40.4 Å². The van der Waals surface area contributed by atoms with E-state index in [-0.39, 0.29) is 23.5 Å². The first-order valence-electron chi connectivity index (χ1n) is 12.8. The number of pyridine rings is 1. The molecule has 10 heteroatoms. The molecule has 9 nitrogen and oxygen atoms in total. The lowest BCUT2D eigenvalue weighted by Gasteiger charge is -2.22. The number of hydrogen-bond acceptors (Lipinski definition) is 7. The third-order valence-electron chi connectivity index (χ3n) is 7.09. The Labute approximate surface area is 224 Å². The lowest BCUT2D eigenvalue weighted by atomic mass is 9.96. The van der Waals surface area contributed by atoms with Gasteiger partial charge in [0, 0.05) is 39.9 Å². The quantitative estimate of drug-likeness (QED) is 0.275. The summed E-state index contributed by atoms with van der Waals surface area (Å²) < 4.78 is 0. The molecule has 6 rings (SSSR count). The summed E-state index contributed by atoms with van der Waals surface area (Å²) in [6.07, 6.45) is 2.30. The molecule has 1 fully saturated rings. The summed E-state index contributed by atoms with van der Waals surface area (Å²) in [6, 6.07) is 9.32. The van der Waals surface area contributed by atoms with Gasteiger partial charge in [-0.2, -0.15) is 5.10 Å². The fraction of sp³-hybridized carbons (Fsp3) is 0.357. The average molecular weight is 531 g/mol. The van der Waals surface area contributed by atoms with Crippen molar-refractivity contribution in [3.8, 4) is 11.1 Å². The Morgan fingerprint density at radius 3 is 2.66 bits per heavy atom. The molecule has 0 atom stereocenters. The van der Waals surface area contributed by atoms with Crippen molar-refractivity contribution in [3.05, 3.63) is 73.2 Å². The van der Waals surface area contributed by atoms with Crippen LogP contribution in [0.15, 0.2) is 35.1 Å². The van der Waals surface area contributed by atoms with Crippen LogP contribution in [0.4, 0.5) is 17.2 Å². The second-order valence-corrected chi connectivity index (χ2v) is 12.1. The SMILES string of the molecule is Cc1[nH]c(=O)c(Nc2cc(C3CC3)[nH]n2)cc1-c1cccc(N2Cc3nc(C(C)(C)C)sc3C2=O)c1CO. The minimum Gasteiger partial charge on any atom is -0.392 e. The third kappa shape index (κ3) is 4.23. The fourth-order valence-corrected chi connectivity index (χ4v) is 5.95. The highest BCUT2D eigenvalue weighted by molar-refractivity contribution is 7.14. The van der Waals surface area contributed by atoms with Crippen LogP contribution < -0.4 is 15.8 Å². The standard InChI is InChI=1S/C28H30N6O3S/c1-14-17(10-20(25(36)29-14)30-23-11-19(32-33-23)15-8-9-15)16-6-5-7-22(18(16)13-35)34-12-21-24(26(34)37)38-27(31-21)28(2,3)4/h5-7,10-11,15,35H,8-9,12-13H2,1-4H3,(H,29,36)(H2,30,32,33). The second-order valence-electron chi connectivity index (χ2n) is 11.1. The molecule has 0 bridgehead atoms. The number of aliphatic hydroxyl groups is 1. The van der Waals surface area contributed by atoms with Gasteiger partial charge in [-0.15, -0.1) is 11.3 Å². The number of aryl methyl sites for hydroxylation is 1. The fourth-order valence-electron chi connectivity index (χ4n) is 4.87. The van der Waals surface area contributed by atoms with Crippen molar-refractivity contribution in [2.75, 3.05) is 10.2 Å². The number of anilines is 3. The summed E-state index contributed by atoms with van der Waals surface area (Å²) in [5.41, 5.74) is 5.23. The van der Waals surface area contributed by atoms with E-state index in [2.05, 4.69) is 41.3 Å². The summed E-state index contributed by atoms with van der Waals surface area (Å²) in [7, 11) is 0. The minimum absolute atomic E-state index is 0.106. The summed E-state index contributed by atoms with van der Waals surface area (Å²) in [6.45, 7) is 8.18. The molecule has 4 aromatic rings. The van der Waals surface area contributed by atoms with Crippen molar-refractivity contribution in [1.29, 1.82) is 0 Å². The molecule has 1 saturated carbocycles. The first-order chi connectivity index (χ1) is 18.1. The maximum absolute atomic E-state index is 13.4. The number of thiazole rings is 1. The van der Waals surface area contributed by atoms with E-state index in [0.29, 0.717) is 45.8 Å². The van der Waals surface area contributed by atoms with Gasteiger partial charge in [-0.3, -0.25) is 14.7 Å². The summed E-state index contributed by atoms with van der Waals surface area (Å²) >= 11 is 1.44. The molecule has 3 aromatic heterocycles. The molecule has 1 amide bonds. The Morgan fingerprint density at radius 2 is 1.97 bits per heavy atom. The molecule has 196 valence electrons. The molecule has 0 saturated heterocycles. The largest absolute Gasteiger partial charge is 0.392 e. The highest BCUT2D eigenvalue weighted by Gasteiger charge is 2.36. The normalized spacial score (nSPS) is 15.3. The Balaban J connectivity index is 1.35. The molecule has 0 spiro atoms. The Morgan fingerprint density at radius 1 is 1.18 bits per heavy atom. The van der Waals surface area contributed by atoms with Gasteiger partial charge in [0.2, 0.25) is 0 Å². The number of benzene rings is 1. The van der Waals surface area contributed by atoms with Gasteiger partial charge < -0.3 is 20.3 Å². The number of carbonyl (C=O) groups excluding carboxylic acids is 1. The van der Waals surface area contributed by atoms with Crippen molar-refractivity contribution >= 4 is 34.4 Å². The van der Waals surface area contributed by atoms with Gasteiger partial charge in [0.05, 0.1) is 29.5 Å². The predicted octanol–water partition coefficient (Wildman–Crippen LogP) is 5.10. The summed E-state index contributed by atoms with van der Waals surface area (Å²) in [4.78, 5) is 36.2. The molecule has 1 aliphatic carbocycles. The maximum Gasteiger partial charge on any atom is 0.271 e. The molecular weight excluding hydrogens is 500 g/mol. The summed E-state index contributed by atoms with van der Waals surface area (Å²) in [5.74, 6) is 0.998. The maximum atomic E-state index is 13.4. The van der Waals surface area contributed by atoms with E-state index < -0.39 is 0 Å². The molecule has 1 aliphatic heterocycles. The van der Waals surface area contributed by atoms with Crippen LogP contribution in [-0.2, 0) is 18.6 Å². The zero-order chi connectivity index (χ0) is 26.8. The highest BCUT2D eigenvalue weighted by Crippen LogP contribution is 2.41.